The third kappa shape index (κ3) is 5.25. The van der Waals surface area contributed by atoms with Gasteiger partial charge in [0.05, 0.1) is 37.7 Å². The Kier molecular flexibility index (Phi) is 6.85. The minimum absolute atomic E-state index is 0.125. The van der Waals surface area contributed by atoms with E-state index in [1.165, 1.54) is 0 Å². The van der Waals surface area contributed by atoms with Crippen LogP contribution in [0, 0.1) is 0 Å². The maximum Gasteiger partial charge on any atom is 0.251 e. The van der Waals surface area contributed by atoms with E-state index in [1.54, 1.807) is 31.8 Å². The summed E-state index contributed by atoms with van der Waals surface area (Å²) in [5.41, 5.74) is 3.65. The van der Waals surface area contributed by atoms with Gasteiger partial charge in [0.15, 0.2) is 5.82 Å². The lowest BCUT2D eigenvalue weighted by molar-refractivity contribution is 0.0953. The first-order chi connectivity index (χ1) is 17.2. The van der Waals surface area contributed by atoms with E-state index in [4.69, 9.17) is 19.4 Å². The number of carbonyl (C=O) groups excluding carboxylic acids is 1. The highest BCUT2D eigenvalue weighted by atomic mass is 16.5. The summed E-state index contributed by atoms with van der Waals surface area (Å²) < 4.78 is 13.0. The van der Waals surface area contributed by atoms with E-state index in [0.717, 1.165) is 54.4 Å². The third-order valence-electron chi connectivity index (χ3n) is 6.00. The summed E-state index contributed by atoms with van der Waals surface area (Å²) in [6, 6.07) is 13.3. The van der Waals surface area contributed by atoms with Crippen LogP contribution in [0.2, 0.25) is 0 Å². The number of aromatic nitrogens is 4. The first-order valence-electron chi connectivity index (χ1n) is 11.7. The highest BCUT2D eigenvalue weighted by molar-refractivity contribution is 5.98. The predicted octanol–water partition coefficient (Wildman–Crippen LogP) is 3.16. The van der Waals surface area contributed by atoms with E-state index < -0.39 is 0 Å². The second-order valence-corrected chi connectivity index (χ2v) is 8.34. The summed E-state index contributed by atoms with van der Waals surface area (Å²) in [6.45, 7) is 4.17. The average Bonchev–Trinajstić information content (AvgIpc) is 3.44. The Morgan fingerprint density at radius 3 is 2.80 bits per heavy atom. The molecule has 0 bridgehead atoms. The maximum atomic E-state index is 12.8. The van der Waals surface area contributed by atoms with Crippen molar-refractivity contribution >= 4 is 22.8 Å². The molecule has 0 unspecified atom stereocenters. The lowest BCUT2D eigenvalue weighted by atomic mass is 10.1. The minimum atomic E-state index is -0.125. The standard InChI is InChI=1S/C26H28N6O3/c1-34-21-5-2-4-19(16-21)24-25(32-12-14-35-15-13-32)30-22-7-6-20(17-23(22)29-24)26(33)28-8-3-10-31-11-9-27-18-31/h2,4-7,9,11,16-18H,3,8,10,12-15H2,1H3,(H,28,33). The number of nitrogens with zero attached hydrogens (tertiary/aromatic N) is 5. The van der Waals surface area contributed by atoms with Crippen LogP contribution in [0.15, 0.2) is 61.2 Å². The molecule has 0 saturated carbocycles. The third-order valence-corrected chi connectivity index (χ3v) is 6.00. The topological polar surface area (TPSA) is 94.4 Å². The van der Waals surface area contributed by atoms with Gasteiger partial charge in [-0.05, 0) is 36.8 Å². The maximum absolute atomic E-state index is 12.8. The molecule has 0 radical (unpaired) electrons. The molecule has 2 aromatic carbocycles. The van der Waals surface area contributed by atoms with Gasteiger partial charge in [0.1, 0.15) is 11.4 Å². The van der Waals surface area contributed by atoms with Crippen molar-refractivity contribution in [2.45, 2.75) is 13.0 Å². The van der Waals surface area contributed by atoms with Gasteiger partial charge in [0.25, 0.3) is 5.91 Å². The smallest absolute Gasteiger partial charge is 0.251 e. The normalized spacial score (nSPS) is 13.7. The number of nitrogens with one attached hydrogen (secondary N) is 1. The van der Waals surface area contributed by atoms with Gasteiger partial charge in [0, 0.05) is 49.7 Å². The Bertz CT molecular complexity index is 1300. The zero-order valence-corrected chi connectivity index (χ0v) is 19.7. The monoisotopic (exact) mass is 472 g/mol. The molecule has 9 heteroatoms. The number of methoxy groups -OCH3 is 1. The van der Waals surface area contributed by atoms with Gasteiger partial charge >= 0.3 is 0 Å². The molecule has 0 aliphatic carbocycles. The molecular formula is C26H28N6O3. The number of hydrogen-bond acceptors (Lipinski definition) is 7. The van der Waals surface area contributed by atoms with E-state index in [-0.39, 0.29) is 5.91 Å². The van der Waals surface area contributed by atoms with Crippen LogP contribution in [0.4, 0.5) is 5.82 Å². The molecule has 180 valence electrons. The number of imidazole rings is 1. The highest BCUT2D eigenvalue weighted by Crippen LogP contribution is 2.32. The van der Waals surface area contributed by atoms with Gasteiger partial charge in [-0.25, -0.2) is 15.0 Å². The summed E-state index contributed by atoms with van der Waals surface area (Å²) in [4.78, 5) is 29.0. The molecule has 3 heterocycles. The molecule has 35 heavy (non-hydrogen) atoms. The van der Waals surface area contributed by atoms with Gasteiger partial charge in [-0.15, -0.1) is 0 Å². The number of morpholine rings is 1. The number of fused-ring (bicyclic) bond motifs is 1. The Morgan fingerprint density at radius 2 is 2.00 bits per heavy atom. The summed E-state index contributed by atoms with van der Waals surface area (Å²) in [5, 5.41) is 2.99. The van der Waals surface area contributed by atoms with E-state index in [9.17, 15) is 4.79 Å². The predicted molar refractivity (Wildman–Crippen MR) is 134 cm³/mol. The van der Waals surface area contributed by atoms with Crippen LogP contribution in [-0.2, 0) is 11.3 Å². The number of amides is 1. The molecule has 1 aliphatic heterocycles. The van der Waals surface area contributed by atoms with Gasteiger partial charge in [0.2, 0.25) is 0 Å². The SMILES string of the molecule is COc1cccc(-c2nc3cc(C(=O)NCCCn4ccnc4)ccc3nc2N2CCOCC2)c1. The lowest BCUT2D eigenvalue weighted by Crippen LogP contribution is -2.37. The molecule has 4 aromatic rings. The number of anilines is 1. The largest absolute Gasteiger partial charge is 0.497 e. The molecule has 1 fully saturated rings. The number of hydrogen-bond donors (Lipinski definition) is 1. The second kappa shape index (κ2) is 10.5. The molecule has 1 aliphatic rings. The summed E-state index contributed by atoms with van der Waals surface area (Å²) in [5.74, 6) is 1.44. The van der Waals surface area contributed by atoms with Gasteiger partial charge in [-0.3, -0.25) is 4.79 Å². The van der Waals surface area contributed by atoms with Crippen molar-refractivity contribution in [3.8, 4) is 17.0 Å². The van der Waals surface area contributed by atoms with Crippen LogP contribution in [0.3, 0.4) is 0 Å². The van der Waals surface area contributed by atoms with E-state index in [0.29, 0.717) is 30.8 Å². The Labute approximate surface area is 203 Å². The average molecular weight is 473 g/mol. The number of carbonyl (C=O) groups is 1. The van der Waals surface area contributed by atoms with E-state index in [2.05, 4.69) is 15.2 Å². The zero-order valence-electron chi connectivity index (χ0n) is 19.7. The van der Waals surface area contributed by atoms with Crippen molar-refractivity contribution in [3.05, 3.63) is 66.7 Å². The second-order valence-electron chi connectivity index (χ2n) is 8.34. The van der Waals surface area contributed by atoms with Crippen LogP contribution >= 0.6 is 0 Å². The van der Waals surface area contributed by atoms with Crippen LogP contribution in [0.1, 0.15) is 16.8 Å². The first-order valence-corrected chi connectivity index (χ1v) is 11.7. The molecule has 1 saturated heterocycles. The van der Waals surface area contributed by atoms with Crippen LogP contribution in [0.5, 0.6) is 5.75 Å². The zero-order chi connectivity index (χ0) is 24.0. The van der Waals surface area contributed by atoms with Crippen molar-refractivity contribution in [3.63, 3.8) is 0 Å². The van der Waals surface area contributed by atoms with Crippen molar-refractivity contribution < 1.29 is 14.3 Å². The summed E-state index contributed by atoms with van der Waals surface area (Å²) in [7, 11) is 1.65. The fourth-order valence-electron chi connectivity index (χ4n) is 4.13. The number of ether oxygens (including phenoxy) is 2. The molecule has 0 spiro atoms. The molecule has 9 nitrogen and oxygen atoms in total. The van der Waals surface area contributed by atoms with Gasteiger partial charge < -0.3 is 24.3 Å². The fraction of sp³-hybridized carbons (Fsp3) is 0.308. The van der Waals surface area contributed by atoms with E-state index >= 15 is 0 Å². The molecule has 0 atom stereocenters. The summed E-state index contributed by atoms with van der Waals surface area (Å²) >= 11 is 0. The van der Waals surface area contributed by atoms with Crippen LogP contribution in [-0.4, -0.2) is 65.4 Å². The van der Waals surface area contributed by atoms with Crippen molar-refractivity contribution in [2.75, 3.05) is 44.9 Å². The fourth-order valence-corrected chi connectivity index (χ4v) is 4.13. The van der Waals surface area contributed by atoms with Crippen molar-refractivity contribution in [2.24, 2.45) is 0 Å². The van der Waals surface area contributed by atoms with Gasteiger partial charge in [-0.1, -0.05) is 12.1 Å². The Morgan fingerprint density at radius 1 is 1.11 bits per heavy atom. The minimum Gasteiger partial charge on any atom is -0.497 e. The van der Waals surface area contributed by atoms with Gasteiger partial charge in [-0.2, -0.15) is 0 Å². The molecule has 1 N–H and O–H groups in total. The van der Waals surface area contributed by atoms with E-state index in [1.807, 2.05) is 41.1 Å². The van der Waals surface area contributed by atoms with Crippen molar-refractivity contribution in [1.29, 1.82) is 0 Å². The summed E-state index contributed by atoms with van der Waals surface area (Å²) in [6.07, 6.45) is 6.25. The molecular weight excluding hydrogens is 444 g/mol. The number of aryl methyl sites for hydroxylation is 1. The molecule has 2 aromatic heterocycles. The quantitative estimate of drug-likeness (QED) is 0.394. The Balaban J connectivity index is 1.42. The Hall–Kier alpha value is -3.98. The molecule has 1 amide bonds. The lowest BCUT2D eigenvalue weighted by Gasteiger charge is -2.29. The highest BCUT2D eigenvalue weighted by Gasteiger charge is 2.20. The molecule has 5 rings (SSSR count). The van der Waals surface area contributed by atoms with Crippen molar-refractivity contribution in [1.82, 2.24) is 24.8 Å². The van der Waals surface area contributed by atoms with Crippen LogP contribution < -0.4 is 15.0 Å². The number of benzene rings is 2. The number of rotatable bonds is 8. The van der Waals surface area contributed by atoms with Crippen LogP contribution in [0.25, 0.3) is 22.3 Å². The first kappa shape index (κ1) is 22.8.